The fraction of sp³-hybridized carbons (Fsp3) is 0.292. The van der Waals surface area contributed by atoms with E-state index in [1.807, 2.05) is 55.8 Å². The second-order valence-electron chi connectivity index (χ2n) is 7.51. The molecule has 3 rings (SSSR count). The summed E-state index contributed by atoms with van der Waals surface area (Å²) in [6.07, 6.45) is 0. The van der Waals surface area contributed by atoms with E-state index in [4.69, 9.17) is 4.99 Å². The Kier molecular flexibility index (Phi) is 7.28. The molecular weight excluding hydrogens is 454 g/mol. The zero-order valence-corrected chi connectivity index (χ0v) is 20.2. The van der Waals surface area contributed by atoms with Gasteiger partial charge in [0.2, 0.25) is 5.96 Å². The number of anilines is 1. The SMILES string of the molecule is CCn1nc(C)c(CN=C(NC(=O)c2ccccc2Br)Nc2ccc(C)cc2C)c1C. The highest BCUT2D eigenvalue weighted by Gasteiger charge is 2.15. The van der Waals surface area contributed by atoms with Gasteiger partial charge in [-0.3, -0.25) is 14.8 Å². The molecule has 0 saturated carbocycles. The molecule has 0 fully saturated rings. The maximum absolute atomic E-state index is 12.9. The van der Waals surface area contributed by atoms with Crippen molar-refractivity contribution >= 4 is 33.5 Å². The first-order valence-electron chi connectivity index (χ1n) is 10.3. The van der Waals surface area contributed by atoms with Crippen LogP contribution in [-0.2, 0) is 13.1 Å². The van der Waals surface area contributed by atoms with Gasteiger partial charge in [-0.1, -0.05) is 29.8 Å². The molecule has 162 valence electrons. The number of nitrogens with one attached hydrogen (secondary N) is 2. The highest BCUT2D eigenvalue weighted by atomic mass is 79.9. The van der Waals surface area contributed by atoms with Crippen LogP contribution in [0.2, 0.25) is 0 Å². The fourth-order valence-electron chi connectivity index (χ4n) is 3.44. The van der Waals surface area contributed by atoms with Gasteiger partial charge in [-0.2, -0.15) is 5.10 Å². The van der Waals surface area contributed by atoms with Gasteiger partial charge >= 0.3 is 0 Å². The van der Waals surface area contributed by atoms with Gasteiger partial charge < -0.3 is 5.32 Å². The molecule has 2 aromatic carbocycles. The molecule has 0 radical (unpaired) electrons. The number of guanidine groups is 1. The summed E-state index contributed by atoms with van der Waals surface area (Å²) in [5.74, 6) is 0.164. The topological polar surface area (TPSA) is 71.3 Å². The first-order chi connectivity index (χ1) is 14.8. The molecule has 2 N–H and O–H groups in total. The predicted molar refractivity (Wildman–Crippen MR) is 130 cm³/mol. The van der Waals surface area contributed by atoms with E-state index < -0.39 is 0 Å². The van der Waals surface area contributed by atoms with Crippen molar-refractivity contribution < 1.29 is 4.79 Å². The van der Waals surface area contributed by atoms with E-state index in [1.165, 1.54) is 5.56 Å². The average molecular weight is 482 g/mol. The van der Waals surface area contributed by atoms with Crippen LogP contribution < -0.4 is 10.6 Å². The second-order valence-corrected chi connectivity index (χ2v) is 8.36. The van der Waals surface area contributed by atoms with E-state index in [2.05, 4.69) is 51.6 Å². The number of amides is 1. The molecule has 0 aliphatic carbocycles. The minimum absolute atomic E-state index is 0.235. The third-order valence-electron chi connectivity index (χ3n) is 5.21. The third kappa shape index (κ3) is 5.41. The highest BCUT2D eigenvalue weighted by molar-refractivity contribution is 9.10. The Labute approximate surface area is 191 Å². The van der Waals surface area contributed by atoms with Crippen molar-refractivity contribution in [2.45, 2.75) is 47.7 Å². The van der Waals surface area contributed by atoms with Crippen LogP contribution in [0.15, 0.2) is 51.9 Å². The molecule has 31 heavy (non-hydrogen) atoms. The molecule has 0 atom stereocenters. The van der Waals surface area contributed by atoms with Crippen LogP contribution in [0.4, 0.5) is 5.69 Å². The van der Waals surface area contributed by atoms with E-state index in [9.17, 15) is 4.79 Å². The molecule has 1 heterocycles. The number of aliphatic imine (C=N–C) groups is 1. The van der Waals surface area contributed by atoms with Gasteiger partial charge in [-0.05, 0) is 74.3 Å². The lowest BCUT2D eigenvalue weighted by atomic mass is 10.1. The van der Waals surface area contributed by atoms with Crippen LogP contribution in [-0.4, -0.2) is 21.6 Å². The Morgan fingerprint density at radius 1 is 1.13 bits per heavy atom. The molecule has 0 spiro atoms. The van der Waals surface area contributed by atoms with Crippen LogP contribution in [0.3, 0.4) is 0 Å². The predicted octanol–water partition coefficient (Wildman–Crippen LogP) is 5.30. The van der Waals surface area contributed by atoms with Crippen LogP contribution in [0, 0.1) is 27.7 Å². The lowest BCUT2D eigenvalue weighted by Gasteiger charge is -2.15. The summed E-state index contributed by atoms with van der Waals surface area (Å²) < 4.78 is 2.70. The largest absolute Gasteiger partial charge is 0.326 e. The maximum atomic E-state index is 12.9. The zero-order chi connectivity index (χ0) is 22.5. The Bertz CT molecular complexity index is 1130. The van der Waals surface area contributed by atoms with Gasteiger partial charge in [0.25, 0.3) is 5.91 Å². The highest BCUT2D eigenvalue weighted by Crippen LogP contribution is 2.19. The van der Waals surface area contributed by atoms with E-state index in [1.54, 1.807) is 6.07 Å². The lowest BCUT2D eigenvalue weighted by molar-refractivity contribution is 0.0976. The van der Waals surface area contributed by atoms with Crippen LogP contribution in [0.25, 0.3) is 0 Å². The summed E-state index contributed by atoms with van der Waals surface area (Å²) in [5, 5.41) is 10.8. The monoisotopic (exact) mass is 481 g/mol. The summed E-state index contributed by atoms with van der Waals surface area (Å²) in [6.45, 7) is 11.4. The van der Waals surface area contributed by atoms with Crippen molar-refractivity contribution in [3.8, 4) is 0 Å². The number of aryl methyl sites for hydroxylation is 4. The first-order valence-corrected chi connectivity index (χ1v) is 11.1. The van der Waals surface area contributed by atoms with E-state index >= 15 is 0 Å². The van der Waals surface area contributed by atoms with Crippen molar-refractivity contribution in [2.24, 2.45) is 4.99 Å². The standard InChI is InChI=1S/C24H28BrN5O/c1-6-30-18(5)20(17(4)29-30)14-26-24(27-22-12-11-15(2)13-16(22)3)28-23(31)19-9-7-8-10-21(19)25/h7-13H,6,14H2,1-5H3,(H2,26,27,28,31). The van der Waals surface area contributed by atoms with Crippen LogP contribution in [0.1, 0.15) is 45.4 Å². The summed E-state index contributed by atoms with van der Waals surface area (Å²) >= 11 is 3.45. The van der Waals surface area contributed by atoms with Gasteiger partial charge in [-0.25, -0.2) is 4.99 Å². The fourth-order valence-corrected chi connectivity index (χ4v) is 3.91. The maximum Gasteiger partial charge on any atom is 0.259 e. The molecule has 6 nitrogen and oxygen atoms in total. The minimum Gasteiger partial charge on any atom is -0.326 e. The molecule has 3 aromatic rings. The van der Waals surface area contributed by atoms with Crippen molar-refractivity contribution in [1.82, 2.24) is 15.1 Å². The number of nitrogens with zero attached hydrogens (tertiary/aromatic N) is 3. The number of carbonyl (C=O) groups is 1. The summed E-state index contributed by atoms with van der Waals surface area (Å²) in [6, 6.07) is 13.4. The van der Waals surface area contributed by atoms with Crippen LogP contribution in [0.5, 0.6) is 0 Å². The summed E-state index contributed by atoms with van der Waals surface area (Å²) in [4.78, 5) is 17.6. The van der Waals surface area contributed by atoms with Crippen molar-refractivity contribution in [3.05, 3.63) is 80.6 Å². The van der Waals surface area contributed by atoms with E-state index in [0.717, 1.165) is 39.2 Å². The van der Waals surface area contributed by atoms with Gasteiger partial charge in [0.1, 0.15) is 0 Å². The number of hydrogen-bond acceptors (Lipinski definition) is 3. The van der Waals surface area contributed by atoms with Crippen molar-refractivity contribution in [3.63, 3.8) is 0 Å². The summed E-state index contributed by atoms with van der Waals surface area (Å²) in [5.41, 5.74) is 6.80. The van der Waals surface area contributed by atoms with Crippen molar-refractivity contribution in [2.75, 3.05) is 5.32 Å². The first kappa shape index (κ1) is 22.7. The van der Waals surface area contributed by atoms with Crippen molar-refractivity contribution in [1.29, 1.82) is 0 Å². The zero-order valence-electron chi connectivity index (χ0n) is 18.6. The molecule has 0 unspecified atom stereocenters. The molecule has 0 aliphatic rings. The van der Waals surface area contributed by atoms with Gasteiger partial charge in [-0.15, -0.1) is 0 Å². The quantitative estimate of drug-likeness (QED) is 0.383. The second kappa shape index (κ2) is 9.92. The molecule has 7 heteroatoms. The summed E-state index contributed by atoms with van der Waals surface area (Å²) in [7, 11) is 0. The molecule has 1 amide bonds. The molecular formula is C24H28BrN5O. The van der Waals surface area contributed by atoms with Gasteiger partial charge in [0, 0.05) is 28.0 Å². The number of aromatic nitrogens is 2. The Hall–Kier alpha value is -2.93. The van der Waals surface area contributed by atoms with E-state index in [0.29, 0.717) is 18.1 Å². The number of halogens is 1. The van der Waals surface area contributed by atoms with Gasteiger partial charge in [0.05, 0.1) is 17.8 Å². The lowest BCUT2D eigenvalue weighted by Crippen LogP contribution is -2.36. The molecule has 1 aromatic heterocycles. The third-order valence-corrected chi connectivity index (χ3v) is 5.90. The number of benzene rings is 2. The minimum atomic E-state index is -0.235. The van der Waals surface area contributed by atoms with Crippen LogP contribution >= 0.6 is 15.9 Å². The normalized spacial score (nSPS) is 11.5. The number of rotatable bonds is 5. The molecule has 0 bridgehead atoms. The number of carbonyl (C=O) groups excluding carboxylic acids is 1. The smallest absolute Gasteiger partial charge is 0.259 e. The number of hydrogen-bond donors (Lipinski definition) is 2. The van der Waals surface area contributed by atoms with E-state index in [-0.39, 0.29) is 5.91 Å². The Balaban J connectivity index is 1.91. The molecule has 0 aliphatic heterocycles. The Morgan fingerprint density at radius 3 is 2.52 bits per heavy atom. The average Bonchev–Trinajstić information content (AvgIpc) is 3.01. The molecule has 0 saturated heterocycles. The Morgan fingerprint density at radius 2 is 1.87 bits per heavy atom. The van der Waals surface area contributed by atoms with Gasteiger partial charge in [0.15, 0.2) is 0 Å².